The molecule has 0 unspecified atom stereocenters. The van der Waals surface area contributed by atoms with E-state index in [1.807, 2.05) is 0 Å². The summed E-state index contributed by atoms with van der Waals surface area (Å²) in [6.07, 6.45) is -4.40. The van der Waals surface area contributed by atoms with E-state index in [1.165, 1.54) is 0 Å². The molecule has 0 aliphatic rings. The molecule has 0 N–H and O–H groups in total. The molecule has 0 amide bonds. The average Bonchev–Trinajstić information content (AvgIpc) is 2.16. The molecule has 0 saturated carbocycles. The highest BCUT2D eigenvalue weighted by Crippen LogP contribution is 2.37. The normalized spacial score (nSPS) is 11.1. The van der Waals surface area contributed by atoms with Crippen molar-refractivity contribution < 1.29 is 13.2 Å². The molecule has 0 aromatic heterocycles. The highest BCUT2D eigenvalue weighted by atomic mass is 32.2. The van der Waals surface area contributed by atoms with Crippen molar-refractivity contribution >= 4 is 11.8 Å². The maximum atomic E-state index is 12.2. The lowest BCUT2D eigenvalue weighted by Gasteiger charge is -2.11. The molecular weight excluding hydrogens is 221 g/mol. The Balaban J connectivity index is 2.69. The van der Waals surface area contributed by atoms with E-state index < -0.39 is 11.7 Å². The van der Waals surface area contributed by atoms with Crippen molar-refractivity contribution in [2.75, 3.05) is 0 Å². The highest BCUT2D eigenvalue weighted by Gasteiger charge is 2.33. The van der Waals surface area contributed by atoms with Crippen LogP contribution in [-0.2, 0) is 0 Å². The smallest absolute Gasteiger partial charge is 0.166 e. The first-order valence-electron chi connectivity index (χ1n) is 4.09. The van der Waals surface area contributed by atoms with Gasteiger partial charge in [-0.05, 0) is 12.1 Å². The van der Waals surface area contributed by atoms with Crippen LogP contribution < -0.4 is 0 Å². The van der Waals surface area contributed by atoms with E-state index in [0.29, 0.717) is 4.90 Å². The fourth-order valence-electron chi connectivity index (χ4n) is 0.850. The Labute approximate surface area is 90.5 Å². The molecule has 1 rings (SSSR count). The maximum absolute atomic E-state index is 12.2. The van der Waals surface area contributed by atoms with Gasteiger partial charge in [0.05, 0.1) is 5.57 Å². The molecule has 1 aromatic rings. The summed E-state index contributed by atoms with van der Waals surface area (Å²) in [5.41, 5.74) is -0.892. The van der Waals surface area contributed by atoms with Gasteiger partial charge in [-0.1, -0.05) is 43.1 Å². The second-order valence-corrected chi connectivity index (χ2v) is 3.98. The van der Waals surface area contributed by atoms with Crippen LogP contribution in [0.4, 0.5) is 13.2 Å². The molecule has 80 valence electrons. The van der Waals surface area contributed by atoms with Gasteiger partial charge in [-0.2, -0.15) is 13.2 Å². The minimum atomic E-state index is -4.40. The fourth-order valence-corrected chi connectivity index (χ4v) is 1.67. The van der Waals surface area contributed by atoms with Crippen LogP contribution in [0.5, 0.6) is 0 Å². The predicted molar refractivity (Wildman–Crippen MR) is 56.6 cm³/mol. The lowest BCUT2D eigenvalue weighted by Crippen LogP contribution is -2.10. The van der Waals surface area contributed by atoms with Crippen molar-refractivity contribution in [2.24, 2.45) is 0 Å². The van der Waals surface area contributed by atoms with Gasteiger partial charge in [-0.3, -0.25) is 0 Å². The minimum absolute atomic E-state index is 0.0753. The second-order valence-electron chi connectivity index (χ2n) is 2.81. The van der Waals surface area contributed by atoms with Gasteiger partial charge in [0.2, 0.25) is 0 Å². The summed E-state index contributed by atoms with van der Waals surface area (Å²) in [5.74, 6) is 0. The molecule has 0 saturated heterocycles. The Kier molecular flexibility index (Phi) is 3.63. The third-order valence-corrected chi connectivity index (χ3v) is 2.66. The third kappa shape index (κ3) is 3.47. The van der Waals surface area contributed by atoms with E-state index in [-0.39, 0.29) is 4.91 Å². The summed E-state index contributed by atoms with van der Waals surface area (Å²) >= 11 is 0.965. The van der Waals surface area contributed by atoms with E-state index in [9.17, 15) is 13.2 Å². The summed E-state index contributed by atoms with van der Waals surface area (Å²) in [6.45, 7) is 6.34. The zero-order valence-corrected chi connectivity index (χ0v) is 8.66. The molecular formula is C11H9F3S. The monoisotopic (exact) mass is 230 g/mol. The molecule has 0 aliphatic carbocycles. The summed E-state index contributed by atoms with van der Waals surface area (Å²) in [7, 11) is 0. The Hall–Kier alpha value is -1.16. The van der Waals surface area contributed by atoms with Gasteiger partial charge in [0.1, 0.15) is 0 Å². The fraction of sp³-hybridized carbons (Fsp3) is 0.0909. The van der Waals surface area contributed by atoms with Gasteiger partial charge >= 0.3 is 6.18 Å². The van der Waals surface area contributed by atoms with Crippen molar-refractivity contribution in [1.82, 2.24) is 0 Å². The van der Waals surface area contributed by atoms with E-state index in [4.69, 9.17) is 0 Å². The van der Waals surface area contributed by atoms with E-state index >= 15 is 0 Å². The van der Waals surface area contributed by atoms with Crippen LogP contribution in [-0.4, -0.2) is 6.18 Å². The Morgan fingerprint density at radius 2 is 1.60 bits per heavy atom. The van der Waals surface area contributed by atoms with Crippen molar-refractivity contribution in [2.45, 2.75) is 11.1 Å². The molecule has 0 aliphatic heterocycles. The summed E-state index contributed by atoms with van der Waals surface area (Å²) in [6, 6.07) is 8.75. The van der Waals surface area contributed by atoms with Crippen molar-refractivity contribution in [1.29, 1.82) is 0 Å². The van der Waals surface area contributed by atoms with Crippen LogP contribution in [0.15, 0.2) is 58.9 Å². The van der Waals surface area contributed by atoms with Gasteiger partial charge in [-0.15, -0.1) is 0 Å². The van der Waals surface area contributed by atoms with Gasteiger partial charge in [-0.25, -0.2) is 0 Å². The largest absolute Gasteiger partial charge is 0.416 e. The van der Waals surface area contributed by atoms with Gasteiger partial charge in [0.25, 0.3) is 0 Å². The molecule has 0 atom stereocenters. The molecule has 0 fully saturated rings. The van der Waals surface area contributed by atoms with Gasteiger partial charge < -0.3 is 0 Å². The number of allylic oxidation sites excluding steroid dienone is 1. The van der Waals surface area contributed by atoms with Gasteiger partial charge in [0, 0.05) is 9.80 Å². The van der Waals surface area contributed by atoms with Crippen LogP contribution >= 0.6 is 11.8 Å². The highest BCUT2D eigenvalue weighted by molar-refractivity contribution is 8.03. The van der Waals surface area contributed by atoms with E-state index in [1.54, 1.807) is 30.3 Å². The SMILES string of the molecule is C=C(Sc1ccccc1)C(=C)C(F)(F)F. The van der Waals surface area contributed by atoms with Crippen LogP contribution in [0.3, 0.4) is 0 Å². The first-order chi connectivity index (χ1) is 6.91. The Bertz CT molecular complexity index is 365. The van der Waals surface area contributed by atoms with E-state index in [2.05, 4.69) is 13.2 Å². The van der Waals surface area contributed by atoms with Crippen molar-refractivity contribution in [3.63, 3.8) is 0 Å². The zero-order chi connectivity index (χ0) is 11.5. The lowest BCUT2D eigenvalue weighted by atomic mass is 10.3. The van der Waals surface area contributed by atoms with E-state index in [0.717, 1.165) is 11.8 Å². The van der Waals surface area contributed by atoms with Crippen LogP contribution in [0.25, 0.3) is 0 Å². The lowest BCUT2D eigenvalue weighted by molar-refractivity contribution is -0.0881. The van der Waals surface area contributed by atoms with Crippen molar-refractivity contribution in [3.05, 3.63) is 54.0 Å². The number of alkyl halides is 3. The summed E-state index contributed by atoms with van der Waals surface area (Å²) in [4.78, 5) is 0.640. The molecule has 4 heteroatoms. The summed E-state index contributed by atoms with van der Waals surface area (Å²) < 4.78 is 36.7. The molecule has 0 nitrogen and oxygen atoms in total. The first kappa shape index (κ1) is 11.9. The Morgan fingerprint density at radius 1 is 1.07 bits per heavy atom. The topological polar surface area (TPSA) is 0 Å². The van der Waals surface area contributed by atoms with Crippen LogP contribution in [0.2, 0.25) is 0 Å². The summed E-state index contributed by atoms with van der Waals surface area (Å²) in [5, 5.41) is 0. The molecule has 0 heterocycles. The number of halogens is 3. The minimum Gasteiger partial charge on any atom is -0.166 e. The number of hydrogen-bond acceptors (Lipinski definition) is 1. The predicted octanol–water partition coefficient (Wildman–Crippen LogP) is 4.41. The zero-order valence-electron chi connectivity index (χ0n) is 7.84. The quantitative estimate of drug-likeness (QED) is 0.547. The molecule has 0 spiro atoms. The number of hydrogen-bond donors (Lipinski definition) is 0. The Morgan fingerprint density at radius 3 is 2.07 bits per heavy atom. The maximum Gasteiger partial charge on any atom is 0.416 e. The molecule has 0 radical (unpaired) electrons. The molecule has 1 aromatic carbocycles. The molecule has 0 bridgehead atoms. The van der Waals surface area contributed by atoms with Crippen LogP contribution in [0, 0.1) is 0 Å². The third-order valence-electron chi connectivity index (χ3n) is 1.66. The number of thioether (sulfide) groups is 1. The molecule has 15 heavy (non-hydrogen) atoms. The average molecular weight is 230 g/mol. The second kappa shape index (κ2) is 4.57. The first-order valence-corrected chi connectivity index (χ1v) is 4.91. The number of rotatable bonds is 3. The number of benzene rings is 1. The standard InChI is InChI=1S/C11H9F3S/c1-8(11(12,13)14)9(2)15-10-6-4-3-5-7-10/h3-7H,1-2H2. The van der Waals surface area contributed by atoms with Crippen LogP contribution in [0.1, 0.15) is 0 Å². The van der Waals surface area contributed by atoms with Crippen molar-refractivity contribution in [3.8, 4) is 0 Å². The van der Waals surface area contributed by atoms with Gasteiger partial charge in [0.15, 0.2) is 0 Å².